The summed E-state index contributed by atoms with van der Waals surface area (Å²) in [4.78, 5) is 0.910. The lowest BCUT2D eigenvalue weighted by molar-refractivity contribution is 0.579. The zero-order valence-electron chi connectivity index (χ0n) is 11.4. The number of sulfonamides is 1. The van der Waals surface area contributed by atoms with E-state index >= 15 is 0 Å². The highest BCUT2D eigenvalue weighted by Crippen LogP contribution is 2.28. The number of nitrogens with two attached hydrogens (primary N) is 1. The van der Waals surface area contributed by atoms with Crippen molar-refractivity contribution in [3.63, 3.8) is 0 Å². The van der Waals surface area contributed by atoms with Gasteiger partial charge in [0.15, 0.2) is 0 Å². The first-order chi connectivity index (χ1) is 9.72. The van der Waals surface area contributed by atoms with Crippen molar-refractivity contribution in [3.8, 4) is 0 Å². The van der Waals surface area contributed by atoms with Crippen LogP contribution in [-0.2, 0) is 16.6 Å². The third-order valence-electron chi connectivity index (χ3n) is 3.03. The topological polar surface area (TPSA) is 72.2 Å². The summed E-state index contributed by atoms with van der Waals surface area (Å²) in [5, 5.41) is 1.87. The molecule has 2 aromatic rings. The first-order valence-electron chi connectivity index (χ1n) is 6.00. The fourth-order valence-electron chi connectivity index (χ4n) is 2.03. The highest BCUT2D eigenvalue weighted by atomic mass is 79.9. The number of nitrogens with one attached hydrogen (secondary N) is 1. The van der Waals surface area contributed by atoms with E-state index in [1.165, 1.54) is 18.3 Å². The Hall–Kier alpha value is -0.960. The summed E-state index contributed by atoms with van der Waals surface area (Å²) in [6.07, 6.45) is 0. The highest BCUT2D eigenvalue weighted by Gasteiger charge is 2.22. The molecule has 21 heavy (non-hydrogen) atoms. The van der Waals surface area contributed by atoms with Crippen LogP contribution in [0.3, 0.4) is 0 Å². The molecule has 0 aliphatic rings. The molecule has 0 aliphatic carbocycles. The molecular formula is C13H14BrFN2O2S2. The van der Waals surface area contributed by atoms with Crippen LogP contribution in [0.25, 0.3) is 0 Å². The number of rotatable bonds is 4. The molecule has 0 spiro atoms. The predicted molar refractivity (Wildman–Crippen MR) is 86.3 cm³/mol. The molecule has 114 valence electrons. The van der Waals surface area contributed by atoms with Gasteiger partial charge in [-0.25, -0.2) is 17.5 Å². The minimum atomic E-state index is -3.76. The molecule has 0 aliphatic heterocycles. The third-order valence-corrected chi connectivity index (χ3v) is 6.42. The van der Waals surface area contributed by atoms with Gasteiger partial charge in [-0.05, 0) is 53.0 Å². The lowest BCUT2D eigenvalue weighted by Crippen LogP contribution is -2.25. The first kappa shape index (κ1) is 16.4. The van der Waals surface area contributed by atoms with E-state index < -0.39 is 15.8 Å². The molecule has 3 N–H and O–H groups in total. The summed E-state index contributed by atoms with van der Waals surface area (Å²) >= 11 is 4.75. The van der Waals surface area contributed by atoms with Crippen molar-refractivity contribution in [2.24, 2.45) is 0 Å². The van der Waals surface area contributed by atoms with E-state index in [1.54, 1.807) is 6.92 Å². The Morgan fingerprint density at radius 3 is 2.62 bits per heavy atom. The van der Waals surface area contributed by atoms with Crippen molar-refractivity contribution in [1.29, 1.82) is 0 Å². The van der Waals surface area contributed by atoms with E-state index in [-0.39, 0.29) is 22.7 Å². The van der Waals surface area contributed by atoms with Crippen LogP contribution in [0.4, 0.5) is 10.1 Å². The van der Waals surface area contributed by atoms with Gasteiger partial charge in [0.25, 0.3) is 0 Å². The van der Waals surface area contributed by atoms with Crippen molar-refractivity contribution in [2.45, 2.75) is 25.3 Å². The zero-order chi connectivity index (χ0) is 15.8. The molecular weight excluding hydrogens is 379 g/mol. The molecule has 1 heterocycles. The van der Waals surface area contributed by atoms with Crippen LogP contribution < -0.4 is 10.5 Å². The first-order valence-corrected chi connectivity index (χ1v) is 9.15. The summed E-state index contributed by atoms with van der Waals surface area (Å²) in [6.45, 7) is 3.22. The third kappa shape index (κ3) is 3.45. The van der Waals surface area contributed by atoms with Gasteiger partial charge in [-0.2, -0.15) is 0 Å². The summed E-state index contributed by atoms with van der Waals surface area (Å²) in [7, 11) is -3.76. The number of halogens is 2. The molecule has 0 unspecified atom stereocenters. The Morgan fingerprint density at radius 2 is 2.05 bits per heavy atom. The minimum absolute atomic E-state index is 0.0389. The van der Waals surface area contributed by atoms with Crippen LogP contribution in [-0.4, -0.2) is 8.42 Å². The summed E-state index contributed by atoms with van der Waals surface area (Å²) in [5.74, 6) is -0.605. The minimum Gasteiger partial charge on any atom is -0.396 e. The molecule has 1 aromatic heterocycles. The maximum atomic E-state index is 13.5. The Balaban J connectivity index is 2.34. The molecule has 0 bridgehead atoms. The fraction of sp³-hybridized carbons (Fsp3) is 0.231. The second kappa shape index (κ2) is 6.04. The van der Waals surface area contributed by atoms with Crippen LogP contribution in [0.1, 0.15) is 16.0 Å². The lowest BCUT2D eigenvalue weighted by Gasteiger charge is -2.14. The normalized spacial score (nSPS) is 11.8. The van der Waals surface area contributed by atoms with Gasteiger partial charge >= 0.3 is 0 Å². The van der Waals surface area contributed by atoms with E-state index in [4.69, 9.17) is 5.73 Å². The van der Waals surface area contributed by atoms with E-state index in [1.807, 2.05) is 11.4 Å². The summed E-state index contributed by atoms with van der Waals surface area (Å²) < 4.78 is 41.8. The van der Waals surface area contributed by atoms with Gasteiger partial charge < -0.3 is 5.73 Å². The number of hydrogen-bond acceptors (Lipinski definition) is 4. The van der Waals surface area contributed by atoms with Gasteiger partial charge in [0.1, 0.15) is 5.82 Å². The molecule has 8 heteroatoms. The maximum Gasteiger partial charge on any atom is 0.241 e. The van der Waals surface area contributed by atoms with Crippen LogP contribution >= 0.6 is 27.3 Å². The van der Waals surface area contributed by atoms with Gasteiger partial charge in [0, 0.05) is 21.3 Å². The van der Waals surface area contributed by atoms with Crippen molar-refractivity contribution in [3.05, 3.63) is 43.8 Å². The quantitative estimate of drug-likeness (QED) is 0.783. The summed E-state index contributed by atoms with van der Waals surface area (Å²) in [5.41, 5.74) is 6.01. The van der Waals surface area contributed by atoms with Crippen LogP contribution in [0.5, 0.6) is 0 Å². The van der Waals surface area contributed by atoms with Crippen molar-refractivity contribution < 1.29 is 12.8 Å². The molecule has 0 saturated heterocycles. The average molecular weight is 393 g/mol. The molecule has 0 amide bonds. The second-order valence-electron chi connectivity index (χ2n) is 4.60. The smallest absolute Gasteiger partial charge is 0.241 e. The number of thiophene rings is 1. The fourth-order valence-corrected chi connectivity index (χ4v) is 5.00. The Kier molecular flexibility index (Phi) is 4.72. The van der Waals surface area contributed by atoms with Gasteiger partial charge in [-0.15, -0.1) is 11.3 Å². The van der Waals surface area contributed by atoms with E-state index in [9.17, 15) is 12.8 Å². The van der Waals surface area contributed by atoms with Crippen LogP contribution in [0.2, 0.25) is 0 Å². The van der Waals surface area contributed by atoms with Gasteiger partial charge in [-0.1, -0.05) is 0 Å². The van der Waals surface area contributed by atoms with E-state index in [2.05, 4.69) is 20.7 Å². The molecule has 0 fully saturated rings. The van der Waals surface area contributed by atoms with E-state index in [0.29, 0.717) is 5.56 Å². The Morgan fingerprint density at radius 1 is 1.38 bits per heavy atom. The van der Waals surface area contributed by atoms with Crippen molar-refractivity contribution in [2.75, 3.05) is 5.73 Å². The summed E-state index contributed by atoms with van der Waals surface area (Å²) in [6, 6.07) is 2.98. The highest BCUT2D eigenvalue weighted by molar-refractivity contribution is 9.10. The standard InChI is InChI=1S/C13H14BrFN2O2S2/c1-7-3-11(15)12(16)8(2)13(7)21(18,19)17-5-10-4-9(14)6-20-10/h3-4,6,17H,5,16H2,1-2H3. The average Bonchev–Trinajstić information content (AvgIpc) is 2.79. The van der Waals surface area contributed by atoms with Crippen LogP contribution in [0.15, 0.2) is 26.9 Å². The van der Waals surface area contributed by atoms with E-state index in [0.717, 1.165) is 15.4 Å². The van der Waals surface area contributed by atoms with Gasteiger partial charge in [0.2, 0.25) is 10.0 Å². The number of hydrogen-bond donors (Lipinski definition) is 2. The lowest BCUT2D eigenvalue weighted by atomic mass is 10.1. The van der Waals surface area contributed by atoms with Crippen LogP contribution in [0, 0.1) is 19.7 Å². The van der Waals surface area contributed by atoms with Crippen molar-refractivity contribution in [1.82, 2.24) is 4.72 Å². The zero-order valence-corrected chi connectivity index (χ0v) is 14.6. The monoisotopic (exact) mass is 392 g/mol. The largest absolute Gasteiger partial charge is 0.396 e. The number of aryl methyl sites for hydroxylation is 1. The molecule has 4 nitrogen and oxygen atoms in total. The number of anilines is 1. The predicted octanol–water partition coefficient (Wildman–Crippen LogP) is 3.33. The Bertz CT molecular complexity index is 788. The molecule has 0 radical (unpaired) electrons. The SMILES string of the molecule is Cc1cc(F)c(N)c(C)c1S(=O)(=O)NCc1cc(Br)cs1. The molecule has 0 saturated carbocycles. The van der Waals surface area contributed by atoms with Gasteiger partial charge in [-0.3, -0.25) is 0 Å². The number of benzene rings is 1. The Labute approximate surface area is 135 Å². The second-order valence-corrected chi connectivity index (χ2v) is 8.21. The molecule has 1 aromatic carbocycles. The van der Waals surface area contributed by atoms with Gasteiger partial charge in [0.05, 0.1) is 10.6 Å². The molecule has 2 rings (SSSR count). The molecule has 0 atom stereocenters. The van der Waals surface area contributed by atoms with Crippen molar-refractivity contribution >= 4 is 43.0 Å². The number of nitrogen functional groups attached to an aromatic ring is 1. The maximum absolute atomic E-state index is 13.5.